The molecule has 3 aromatic rings. The van der Waals surface area contributed by atoms with Gasteiger partial charge in [0, 0.05) is 30.7 Å². The van der Waals surface area contributed by atoms with E-state index < -0.39 is 18.2 Å². The van der Waals surface area contributed by atoms with Gasteiger partial charge >= 0.3 is 0 Å². The van der Waals surface area contributed by atoms with Crippen molar-refractivity contribution in [1.29, 1.82) is 0 Å². The lowest BCUT2D eigenvalue weighted by atomic mass is 10.0. The normalized spacial score (nSPS) is 20.8. The smallest absolute Gasteiger partial charge is 0.213 e. The van der Waals surface area contributed by atoms with E-state index in [2.05, 4.69) is 20.3 Å². The summed E-state index contributed by atoms with van der Waals surface area (Å²) in [6.07, 6.45) is 0.896. The van der Waals surface area contributed by atoms with Crippen LogP contribution < -0.4 is 19.5 Å². The van der Waals surface area contributed by atoms with Crippen LogP contribution in [-0.2, 0) is 16.0 Å². The molecule has 0 radical (unpaired) electrons. The van der Waals surface area contributed by atoms with Crippen molar-refractivity contribution < 1.29 is 33.2 Å². The van der Waals surface area contributed by atoms with Crippen LogP contribution in [0.3, 0.4) is 0 Å². The molecule has 34 heavy (non-hydrogen) atoms. The highest BCUT2D eigenvalue weighted by molar-refractivity contribution is 5.78. The van der Waals surface area contributed by atoms with Crippen LogP contribution in [0.2, 0.25) is 0 Å². The van der Waals surface area contributed by atoms with Crippen LogP contribution in [0, 0.1) is 5.82 Å². The van der Waals surface area contributed by atoms with Crippen molar-refractivity contribution in [1.82, 2.24) is 20.3 Å². The number of aliphatic hydroxyl groups is 1. The Hall–Kier alpha value is -3.12. The Morgan fingerprint density at radius 2 is 1.94 bits per heavy atom. The fourth-order valence-electron chi connectivity index (χ4n) is 3.91. The molecule has 0 aromatic carbocycles. The fourth-order valence-corrected chi connectivity index (χ4v) is 3.91. The topological polar surface area (TPSA) is 117 Å². The van der Waals surface area contributed by atoms with Crippen LogP contribution in [0.1, 0.15) is 23.8 Å². The van der Waals surface area contributed by atoms with E-state index in [0.717, 1.165) is 11.9 Å². The number of aliphatic hydroxyl groups excluding tert-OH is 1. The monoisotopic (exact) mass is 472 g/mol. The highest BCUT2D eigenvalue weighted by Gasteiger charge is 2.28. The highest BCUT2D eigenvalue weighted by Crippen LogP contribution is 2.31. The summed E-state index contributed by atoms with van der Waals surface area (Å²) in [5.41, 5.74) is 1.55. The number of pyridine rings is 3. The van der Waals surface area contributed by atoms with Crippen LogP contribution in [0.25, 0.3) is 11.0 Å². The van der Waals surface area contributed by atoms with E-state index in [9.17, 15) is 9.50 Å². The van der Waals surface area contributed by atoms with Gasteiger partial charge in [0.25, 0.3) is 0 Å². The molecule has 11 heteroatoms. The van der Waals surface area contributed by atoms with Gasteiger partial charge in [0.1, 0.15) is 24.5 Å². The molecule has 3 aromatic heterocycles. The van der Waals surface area contributed by atoms with Crippen molar-refractivity contribution >= 4 is 11.0 Å². The minimum Gasteiger partial charge on any atom is -0.486 e. The second-order valence-electron chi connectivity index (χ2n) is 7.99. The summed E-state index contributed by atoms with van der Waals surface area (Å²) < 4.78 is 42.3. The molecule has 0 aliphatic carbocycles. The lowest BCUT2D eigenvalue weighted by Gasteiger charge is -2.31. The number of hydrogen-bond acceptors (Lipinski definition) is 10. The molecule has 1 unspecified atom stereocenters. The first-order chi connectivity index (χ1) is 16.6. The van der Waals surface area contributed by atoms with Gasteiger partial charge in [-0.3, -0.25) is 9.97 Å². The minimum atomic E-state index is -1.19. The Labute approximate surface area is 195 Å². The first kappa shape index (κ1) is 22.7. The molecule has 5 heterocycles. The molecular formula is C23H25FN4O6. The summed E-state index contributed by atoms with van der Waals surface area (Å²) in [5.74, 6) is 0.988. The van der Waals surface area contributed by atoms with E-state index in [-0.39, 0.29) is 23.5 Å². The summed E-state index contributed by atoms with van der Waals surface area (Å²) >= 11 is 0. The van der Waals surface area contributed by atoms with Gasteiger partial charge in [0.15, 0.2) is 17.8 Å². The van der Waals surface area contributed by atoms with Gasteiger partial charge in [-0.1, -0.05) is 0 Å². The molecular weight excluding hydrogens is 447 g/mol. The van der Waals surface area contributed by atoms with E-state index in [1.54, 1.807) is 18.3 Å². The van der Waals surface area contributed by atoms with Gasteiger partial charge < -0.3 is 34.1 Å². The van der Waals surface area contributed by atoms with E-state index in [4.69, 9.17) is 23.7 Å². The van der Waals surface area contributed by atoms with Gasteiger partial charge in [-0.2, -0.15) is 0 Å². The second-order valence-corrected chi connectivity index (χ2v) is 7.99. The SMILES string of the molecule is COc1ccc2ncc(F)c(C(O)C[C@H]3OC[C@H](NCc4cc5c(cn4)OCCO5)CO3)c2n1. The molecule has 1 fully saturated rings. The third-order valence-electron chi connectivity index (χ3n) is 5.66. The predicted octanol–water partition coefficient (Wildman–Crippen LogP) is 1.90. The molecule has 0 bridgehead atoms. The number of methoxy groups -OCH3 is 1. The first-order valence-corrected chi connectivity index (χ1v) is 11.0. The molecule has 0 amide bonds. The Kier molecular flexibility index (Phi) is 6.68. The molecule has 2 aliphatic heterocycles. The van der Waals surface area contributed by atoms with E-state index in [0.29, 0.717) is 55.9 Å². The number of halogens is 1. The molecule has 1 atom stereocenters. The summed E-state index contributed by atoms with van der Waals surface area (Å²) in [4.78, 5) is 12.7. The Balaban J connectivity index is 1.16. The van der Waals surface area contributed by atoms with Gasteiger partial charge in [-0.25, -0.2) is 9.37 Å². The van der Waals surface area contributed by atoms with Gasteiger partial charge in [0.05, 0.1) is 56.1 Å². The molecule has 10 nitrogen and oxygen atoms in total. The van der Waals surface area contributed by atoms with Gasteiger partial charge in [-0.15, -0.1) is 0 Å². The molecule has 180 valence electrons. The number of hydrogen-bond donors (Lipinski definition) is 2. The average molecular weight is 472 g/mol. The number of ether oxygens (including phenoxy) is 5. The second kappa shape index (κ2) is 10.0. The maximum atomic E-state index is 14.6. The predicted molar refractivity (Wildman–Crippen MR) is 117 cm³/mol. The molecule has 0 saturated carbocycles. The average Bonchev–Trinajstić information content (AvgIpc) is 2.87. The Morgan fingerprint density at radius 1 is 1.15 bits per heavy atom. The number of fused-ring (bicyclic) bond motifs is 2. The van der Waals surface area contributed by atoms with Crippen LogP contribution >= 0.6 is 0 Å². The summed E-state index contributed by atoms with van der Waals surface area (Å²) in [5, 5.41) is 14.1. The maximum Gasteiger partial charge on any atom is 0.213 e. The number of rotatable bonds is 7. The van der Waals surface area contributed by atoms with Crippen LogP contribution in [0.15, 0.2) is 30.6 Å². The minimum absolute atomic E-state index is 0.0426. The van der Waals surface area contributed by atoms with Crippen LogP contribution in [-0.4, -0.2) is 65.9 Å². The molecule has 0 spiro atoms. The van der Waals surface area contributed by atoms with Crippen LogP contribution in [0.5, 0.6) is 17.4 Å². The van der Waals surface area contributed by atoms with Crippen molar-refractivity contribution in [3.05, 3.63) is 47.7 Å². The summed E-state index contributed by atoms with van der Waals surface area (Å²) in [6.45, 7) is 2.28. The highest BCUT2D eigenvalue weighted by atomic mass is 19.1. The maximum absolute atomic E-state index is 14.6. The molecule has 2 N–H and O–H groups in total. The van der Waals surface area contributed by atoms with E-state index >= 15 is 0 Å². The molecule has 2 aliphatic rings. The Bertz CT molecular complexity index is 1160. The van der Waals surface area contributed by atoms with Crippen molar-refractivity contribution in [2.75, 3.05) is 33.5 Å². The zero-order valence-corrected chi connectivity index (χ0v) is 18.6. The standard InChI is InChI=1S/C23H25FN4O6/c1-30-20-3-2-16-23(28-20)22(15(24)9-27-16)17(29)7-21-33-11-14(12-34-21)25-8-13-6-18-19(10-26-13)32-5-4-31-18/h2-3,6,9-10,14,17,21,25,29H,4-5,7-8,11-12H2,1H3/t14-,17?,21-. The lowest BCUT2D eigenvalue weighted by Crippen LogP contribution is -2.44. The molecule has 1 saturated heterocycles. The third-order valence-corrected chi connectivity index (χ3v) is 5.66. The summed E-state index contributed by atoms with van der Waals surface area (Å²) in [6, 6.07) is 5.08. The van der Waals surface area contributed by atoms with Crippen molar-refractivity contribution in [2.24, 2.45) is 0 Å². The Morgan fingerprint density at radius 3 is 2.74 bits per heavy atom. The van der Waals surface area contributed by atoms with Gasteiger partial charge in [-0.05, 0) is 6.07 Å². The quantitative estimate of drug-likeness (QED) is 0.528. The van der Waals surface area contributed by atoms with Crippen molar-refractivity contribution in [3.8, 4) is 17.4 Å². The number of nitrogens with one attached hydrogen (secondary N) is 1. The van der Waals surface area contributed by atoms with Gasteiger partial charge in [0.2, 0.25) is 5.88 Å². The largest absolute Gasteiger partial charge is 0.486 e. The van der Waals surface area contributed by atoms with Crippen molar-refractivity contribution in [3.63, 3.8) is 0 Å². The lowest BCUT2D eigenvalue weighted by molar-refractivity contribution is -0.202. The van der Waals surface area contributed by atoms with Crippen LogP contribution in [0.4, 0.5) is 4.39 Å². The van der Waals surface area contributed by atoms with E-state index in [1.807, 2.05) is 6.07 Å². The molecule has 5 rings (SSSR count). The number of aromatic nitrogens is 3. The van der Waals surface area contributed by atoms with Crippen molar-refractivity contribution in [2.45, 2.75) is 31.4 Å². The first-order valence-electron chi connectivity index (χ1n) is 11.0. The summed E-state index contributed by atoms with van der Waals surface area (Å²) in [7, 11) is 1.47. The zero-order valence-electron chi connectivity index (χ0n) is 18.6. The number of nitrogens with zero attached hydrogens (tertiary/aromatic N) is 3. The van der Waals surface area contributed by atoms with E-state index in [1.165, 1.54) is 7.11 Å². The zero-order chi connectivity index (χ0) is 23.5. The third kappa shape index (κ3) is 4.87. The fraction of sp³-hybridized carbons (Fsp3) is 0.435.